The number of aromatic nitrogens is 1. The van der Waals surface area contributed by atoms with Gasteiger partial charge in [-0.15, -0.1) is 11.3 Å². The average Bonchev–Trinajstić information content (AvgIpc) is 3.02. The van der Waals surface area contributed by atoms with E-state index >= 15 is 0 Å². The minimum absolute atomic E-state index is 0.101. The number of hydrogen-bond donors (Lipinski definition) is 0. The molecule has 0 radical (unpaired) electrons. The molecule has 1 aliphatic rings. The number of carbonyl (C=O) groups is 1. The monoisotopic (exact) mass is 352 g/mol. The molecule has 122 valence electrons. The minimum atomic E-state index is 0.101. The number of carbonyl (C=O) groups excluding carboxylic acids is 1. The number of nitrogens with zero attached hydrogens (tertiary/aromatic N) is 2. The lowest BCUT2D eigenvalue weighted by atomic mass is 10.3. The summed E-state index contributed by atoms with van der Waals surface area (Å²) in [6, 6.07) is 7.20. The van der Waals surface area contributed by atoms with Crippen molar-refractivity contribution in [2.75, 3.05) is 26.3 Å². The Morgan fingerprint density at radius 1 is 1.30 bits per heavy atom. The van der Waals surface area contributed by atoms with Gasteiger partial charge in [-0.2, -0.15) is 0 Å². The lowest BCUT2D eigenvalue weighted by molar-refractivity contribution is -0.134. The normalized spacial score (nSPS) is 14.7. The van der Waals surface area contributed by atoms with Gasteiger partial charge in [0, 0.05) is 23.5 Å². The smallest absolute Gasteiger partial charge is 0.228 e. The molecule has 0 atom stereocenters. The van der Waals surface area contributed by atoms with E-state index in [0.717, 1.165) is 16.5 Å². The van der Waals surface area contributed by atoms with E-state index in [-0.39, 0.29) is 5.91 Å². The molecule has 0 aliphatic carbocycles. The Morgan fingerprint density at radius 2 is 2.04 bits per heavy atom. The van der Waals surface area contributed by atoms with Crippen LogP contribution in [0.25, 0.3) is 0 Å². The lowest BCUT2D eigenvalue weighted by Crippen LogP contribution is -2.41. The molecule has 23 heavy (non-hydrogen) atoms. The highest BCUT2D eigenvalue weighted by molar-refractivity contribution is 7.09. The van der Waals surface area contributed by atoms with Crippen LogP contribution in [0.4, 0.5) is 0 Å². The highest BCUT2D eigenvalue weighted by Gasteiger charge is 2.18. The summed E-state index contributed by atoms with van der Waals surface area (Å²) in [5.41, 5.74) is 0.793. The highest BCUT2D eigenvalue weighted by atomic mass is 35.5. The molecule has 1 saturated heterocycles. The molecular formula is C16H17ClN2O3S. The molecule has 1 fully saturated rings. The number of thiazole rings is 1. The van der Waals surface area contributed by atoms with E-state index in [1.807, 2.05) is 22.4 Å². The summed E-state index contributed by atoms with van der Waals surface area (Å²) in [7, 11) is 0. The summed E-state index contributed by atoms with van der Waals surface area (Å²) in [6.07, 6.45) is 0.331. The first kappa shape index (κ1) is 16.2. The van der Waals surface area contributed by atoms with Gasteiger partial charge in [-0.3, -0.25) is 4.79 Å². The van der Waals surface area contributed by atoms with Crippen molar-refractivity contribution in [2.45, 2.75) is 13.0 Å². The number of benzene rings is 1. The van der Waals surface area contributed by atoms with Crippen LogP contribution in [-0.2, 0) is 22.6 Å². The molecule has 0 bridgehead atoms. The Morgan fingerprint density at radius 3 is 2.78 bits per heavy atom. The predicted molar refractivity (Wildman–Crippen MR) is 89.0 cm³/mol. The maximum Gasteiger partial charge on any atom is 0.228 e. The van der Waals surface area contributed by atoms with Crippen molar-refractivity contribution in [3.8, 4) is 5.75 Å². The molecule has 5 nitrogen and oxygen atoms in total. The molecule has 0 saturated carbocycles. The fourth-order valence-corrected chi connectivity index (χ4v) is 3.08. The second-order valence-corrected chi connectivity index (χ2v) is 6.52. The third-order valence-electron chi connectivity index (χ3n) is 3.47. The summed E-state index contributed by atoms with van der Waals surface area (Å²) in [5.74, 6) is 0.847. The number of morpholine rings is 1. The van der Waals surface area contributed by atoms with Gasteiger partial charge in [0.25, 0.3) is 0 Å². The van der Waals surface area contributed by atoms with Gasteiger partial charge < -0.3 is 14.4 Å². The highest BCUT2D eigenvalue weighted by Crippen LogP contribution is 2.18. The zero-order valence-electron chi connectivity index (χ0n) is 12.5. The van der Waals surface area contributed by atoms with Crippen molar-refractivity contribution in [3.63, 3.8) is 0 Å². The zero-order chi connectivity index (χ0) is 16.1. The topological polar surface area (TPSA) is 51.7 Å². The van der Waals surface area contributed by atoms with Crippen LogP contribution < -0.4 is 4.74 Å². The fraction of sp³-hybridized carbons (Fsp3) is 0.375. The third-order valence-corrected chi connectivity index (χ3v) is 4.59. The molecule has 3 rings (SSSR count). The molecular weight excluding hydrogens is 336 g/mol. The van der Waals surface area contributed by atoms with Crippen molar-refractivity contribution in [1.82, 2.24) is 9.88 Å². The van der Waals surface area contributed by atoms with Crippen molar-refractivity contribution >= 4 is 28.8 Å². The number of ether oxygens (including phenoxy) is 2. The predicted octanol–water partition coefficient (Wildman–Crippen LogP) is 2.78. The molecule has 0 unspecified atom stereocenters. The summed E-state index contributed by atoms with van der Waals surface area (Å²) >= 11 is 7.34. The van der Waals surface area contributed by atoms with Crippen LogP contribution in [0.3, 0.4) is 0 Å². The molecule has 0 N–H and O–H groups in total. The van der Waals surface area contributed by atoms with Crippen LogP contribution in [0.5, 0.6) is 5.75 Å². The first-order chi connectivity index (χ1) is 11.2. The van der Waals surface area contributed by atoms with Gasteiger partial charge in [0.05, 0.1) is 25.3 Å². The van der Waals surface area contributed by atoms with E-state index in [1.165, 1.54) is 11.3 Å². The Hall–Kier alpha value is -1.63. The Kier molecular flexibility index (Phi) is 5.48. The second-order valence-electron chi connectivity index (χ2n) is 5.15. The first-order valence-electron chi connectivity index (χ1n) is 7.38. The molecule has 0 spiro atoms. The van der Waals surface area contributed by atoms with E-state index in [0.29, 0.717) is 44.4 Å². The standard InChI is InChI=1S/C16H17ClN2O3S/c17-12-1-3-14(4-2-12)22-10-15-18-13(11-23-15)9-16(20)19-5-7-21-8-6-19/h1-4,11H,5-10H2. The lowest BCUT2D eigenvalue weighted by Gasteiger charge is -2.26. The first-order valence-corrected chi connectivity index (χ1v) is 8.63. The molecule has 2 aromatic rings. The van der Waals surface area contributed by atoms with Crippen LogP contribution >= 0.6 is 22.9 Å². The van der Waals surface area contributed by atoms with E-state index in [1.54, 1.807) is 12.1 Å². The fourth-order valence-electron chi connectivity index (χ4n) is 2.25. The molecule has 1 aromatic heterocycles. The van der Waals surface area contributed by atoms with Crippen LogP contribution in [-0.4, -0.2) is 42.1 Å². The Balaban J connectivity index is 1.51. The van der Waals surface area contributed by atoms with Gasteiger partial charge in [0.15, 0.2) is 0 Å². The van der Waals surface area contributed by atoms with E-state index in [9.17, 15) is 4.79 Å². The average molecular weight is 353 g/mol. The quantitative estimate of drug-likeness (QED) is 0.830. The van der Waals surface area contributed by atoms with Crippen molar-refractivity contribution in [2.24, 2.45) is 0 Å². The minimum Gasteiger partial charge on any atom is -0.486 e. The number of amides is 1. The number of halogens is 1. The summed E-state index contributed by atoms with van der Waals surface area (Å²) in [6.45, 7) is 2.94. The summed E-state index contributed by atoms with van der Waals surface area (Å²) in [5, 5.41) is 3.44. The van der Waals surface area contributed by atoms with Gasteiger partial charge in [0.2, 0.25) is 5.91 Å². The maximum atomic E-state index is 12.2. The SMILES string of the molecule is O=C(Cc1csc(COc2ccc(Cl)cc2)n1)N1CCOCC1. The summed E-state index contributed by atoms with van der Waals surface area (Å²) < 4.78 is 10.9. The Bertz CT molecular complexity index is 654. The molecule has 2 heterocycles. The van der Waals surface area contributed by atoms with Crippen LogP contribution in [0.1, 0.15) is 10.7 Å². The molecule has 7 heteroatoms. The molecule has 1 aliphatic heterocycles. The van der Waals surface area contributed by atoms with Gasteiger partial charge >= 0.3 is 0 Å². The van der Waals surface area contributed by atoms with Gasteiger partial charge in [0.1, 0.15) is 17.4 Å². The molecule has 1 aromatic carbocycles. The zero-order valence-corrected chi connectivity index (χ0v) is 14.1. The molecule has 1 amide bonds. The van der Waals surface area contributed by atoms with Crippen LogP contribution in [0, 0.1) is 0 Å². The van der Waals surface area contributed by atoms with Gasteiger partial charge in [-0.1, -0.05) is 11.6 Å². The van der Waals surface area contributed by atoms with Crippen LogP contribution in [0.2, 0.25) is 5.02 Å². The second kappa shape index (κ2) is 7.77. The van der Waals surface area contributed by atoms with Gasteiger partial charge in [-0.05, 0) is 24.3 Å². The maximum absolute atomic E-state index is 12.2. The van der Waals surface area contributed by atoms with Crippen molar-refractivity contribution < 1.29 is 14.3 Å². The third kappa shape index (κ3) is 4.67. The van der Waals surface area contributed by atoms with E-state index < -0.39 is 0 Å². The van der Waals surface area contributed by atoms with Crippen molar-refractivity contribution in [3.05, 3.63) is 45.4 Å². The largest absolute Gasteiger partial charge is 0.486 e. The number of hydrogen-bond acceptors (Lipinski definition) is 5. The van der Waals surface area contributed by atoms with Gasteiger partial charge in [-0.25, -0.2) is 4.98 Å². The van der Waals surface area contributed by atoms with E-state index in [2.05, 4.69) is 4.98 Å². The van der Waals surface area contributed by atoms with Crippen molar-refractivity contribution in [1.29, 1.82) is 0 Å². The summed E-state index contributed by atoms with van der Waals surface area (Å²) in [4.78, 5) is 18.5. The van der Waals surface area contributed by atoms with E-state index in [4.69, 9.17) is 21.1 Å². The van der Waals surface area contributed by atoms with Crippen LogP contribution in [0.15, 0.2) is 29.6 Å². The number of rotatable bonds is 5. The Labute approximate surface area is 143 Å².